The molecule has 0 aliphatic heterocycles. The molecule has 0 bridgehead atoms. The van der Waals surface area contributed by atoms with E-state index in [1.165, 1.54) is 0 Å². The van der Waals surface area contributed by atoms with Gasteiger partial charge in [0, 0.05) is 5.69 Å². The molecule has 0 saturated heterocycles. The quantitative estimate of drug-likeness (QED) is 0.833. The number of hydrogen-bond donors (Lipinski definition) is 1. The van der Waals surface area contributed by atoms with Crippen LogP contribution in [0.25, 0.3) is 0 Å². The molecule has 1 amide bonds. The second kappa shape index (κ2) is 7.91. The molecule has 6 heteroatoms. The molecule has 2 aromatic rings. The highest BCUT2D eigenvalue weighted by molar-refractivity contribution is 7.92. The Balaban J connectivity index is 2.35. The van der Waals surface area contributed by atoms with Gasteiger partial charge < -0.3 is 5.32 Å². The lowest BCUT2D eigenvalue weighted by Gasteiger charge is -2.29. The Labute approximate surface area is 156 Å². The van der Waals surface area contributed by atoms with Crippen molar-refractivity contribution in [2.45, 2.75) is 39.7 Å². The first-order valence-electron chi connectivity index (χ1n) is 8.57. The molecule has 0 radical (unpaired) electrons. The van der Waals surface area contributed by atoms with Gasteiger partial charge in [0.2, 0.25) is 15.9 Å². The zero-order chi connectivity index (χ0) is 19.5. The number of sulfonamides is 1. The van der Waals surface area contributed by atoms with Crippen molar-refractivity contribution in [2.75, 3.05) is 15.9 Å². The van der Waals surface area contributed by atoms with Gasteiger partial charge in [-0.05, 0) is 49.1 Å². The van der Waals surface area contributed by atoms with Crippen molar-refractivity contribution < 1.29 is 13.2 Å². The van der Waals surface area contributed by atoms with Crippen LogP contribution in [0.3, 0.4) is 0 Å². The largest absolute Gasteiger partial charge is 0.324 e. The summed E-state index contributed by atoms with van der Waals surface area (Å²) in [7, 11) is -3.63. The number of nitrogens with zero attached hydrogens (tertiary/aromatic N) is 1. The Morgan fingerprint density at radius 1 is 1.04 bits per heavy atom. The standard InChI is InChI=1S/C20H26N2O3S/c1-14(2)18-11-6-7-12-19(18)21-20(23)16(4)22(26(5,24)25)17-10-8-9-15(3)13-17/h6-14,16H,1-5H3,(H,21,23)/t16-/m1/s1. The molecule has 26 heavy (non-hydrogen) atoms. The van der Waals surface area contributed by atoms with Gasteiger partial charge in [0.1, 0.15) is 6.04 Å². The number of amides is 1. The minimum Gasteiger partial charge on any atom is -0.324 e. The van der Waals surface area contributed by atoms with Crippen molar-refractivity contribution >= 4 is 27.3 Å². The van der Waals surface area contributed by atoms with Gasteiger partial charge in [-0.3, -0.25) is 9.10 Å². The molecule has 1 atom stereocenters. The molecule has 1 N–H and O–H groups in total. The summed E-state index contributed by atoms with van der Waals surface area (Å²) in [5.41, 5.74) is 3.12. The second-order valence-electron chi connectivity index (χ2n) is 6.80. The molecule has 0 spiro atoms. The summed E-state index contributed by atoms with van der Waals surface area (Å²) in [5.74, 6) is -0.130. The first kappa shape index (κ1) is 20.0. The van der Waals surface area contributed by atoms with Crippen LogP contribution >= 0.6 is 0 Å². The molecule has 0 aliphatic rings. The molecular formula is C20H26N2O3S. The van der Waals surface area contributed by atoms with Crippen molar-refractivity contribution in [1.29, 1.82) is 0 Å². The number of aryl methyl sites for hydroxylation is 1. The smallest absolute Gasteiger partial charge is 0.248 e. The maximum Gasteiger partial charge on any atom is 0.248 e. The van der Waals surface area contributed by atoms with Crippen LogP contribution in [0.4, 0.5) is 11.4 Å². The van der Waals surface area contributed by atoms with E-state index >= 15 is 0 Å². The van der Waals surface area contributed by atoms with Crippen molar-refractivity contribution in [2.24, 2.45) is 0 Å². The summed E-state index contributed by atoms with van der Waals surface area (Å²) >= 11 is 0. The number of benzene rings is 2. The van der Waals surface area contributed by atoms with Gasteiger partial charge in [-0.2, -0.15) is 0 Å². The number of para-hydroxylation sites is 1. The van der Waals surface area contributed by atoms with Crippen molar-refractivity contribution in [3.8, 4) is 0 Å². The first-order chi connectivity index (χ1) is 12.1. The summed E-state index contributed by atoms with van der Waals surface area (Å²) < 4.78 is 25.9. The lowest BCUT2D eigenvalue weighted by molar-refractivity contribution is -0.116. The van der Waals surface area contributed by atoms with Crippen LogP contribution in [0.5, 0.6) is 0 Å². The highest BCUT2D eigenvalue weighted by Gasteiger charge is 2.29. The van der Waals surface area contributed by atoms with E-state index in [-0.39, 0.29) is 11.8 Å². The van der Waals surface area contributed by atoms with Gasteiger partial charge in [0.05, 0.1) is 11.9 Å². The van der Waals surface area contributed by atoms with E-state index in [4.69, 9.17) is 0 Å². The zero-order valence-corrected chi connectivity index (χ0v) is 16.7. The highest BCUT2D eigenvalue weighted by atomic mass is 32.2. The van der Waals surface area contributed by atoms with Gasteiger partial charge in [-0.1, -0.05) is 44.2 Å². The topological polar surface area (TPSA) is 66.5 Å². The minimum atomic E-state index is -3.63. The number of carbonyl (C=O) groups excluding carboxylic acids is 1. The predicted octanol–water partition coefficient (Wildman–Crippen LogP) is 3.91. The maximum absolute atomic E-state index is 12.8. The molecule has 0 saturated carbocycles. The molecule has 140 valence electrons. The fraction of sp³-hybridized carbons (Fsp3) is 0.350. The SMILES string of the molecule is Cc1cccc(N([C@H](C)C(=O)Nc2ccccc2C(C)C)S(C)(=O)=O)c1. The van der Waals surface area contributed by atoms with Crippen LogP contribution in [0.2, 0.25) is 0 Å². The van der Waals surface area contributed by atoms with Gasteiger partial charge in [-0.25, -0.2) is 8.42 Å². The van der Waals surface area contributed by atoms with Crippen LogP contribution in [-0.4, -0.2) is 26.6 Å². The lowest BCUT2D eigenvalue weighted by atomic mass is 10.0. The fourth-order valence-corrected chi connectivity index (χ4v) is 4.09. The molecule has 2 aromatic carbocycles. The summed E-state index contributed by atoms with van der Waals surface area (Å²) in [5, 5.41) is 2.88. The summed E-state index contributed by atoms with van der Waals surface area (Å²) in [6.45, 7) is 7.57. The van der Waals surface area contributed by atoms with Crippen LogP contribution in [-0.2, 0) is 14.8 Å². The van der Waals surface area contributed by atoms with Crippen molar-refractivity contribution in [1.82, 2.24) is 0 Å². The third kappa shape index (κ3) is 4.64. The molecule has 0 aliphatic carbocycles. The molecule has 2 rings (SSSR count). The van der Waals surface area contributed by atoms with Crippen LogP contribution < -0.4 is 9.62 Å². The highest BCUT2D eigenvalue weighted by Crippen LogP contribution is 2.26. The molecule has 0 fully saturated rings. The Bertz CT molecular complexity index is 891. The Morgan fingerprint density at radius 3 is 2.27 bits per heavy atom. The van der Waals surface area contributed by atoms with Crippen LogP contribution in [0.1, 0.15) is 37.8 Å². The number of anilines is 2. The summed E-state index contributed by atoms with van der Waals surface area (Å²) in [4.78, 5) is 12.8. The minimum absolute atomic E-state index is 0.240. The summed E-state index contributed by atoms with van der Waals surface area (Å²) in [6, 6.07) is 13.8. The maximum atomic E-state index is 12.8. The van der Waals surface area contributed by atoms with E-state index in [1.807, 2.05) is 51.1 Å². The van der Waals surface area contributed by atoms with Crippen LogP contribution in [0.15, 0.2) is 48.5 Å². The van der Waals surface area contributed by atoms with E-state index < -0.39 is 16.1 Å². The van der Waals surface area contributed by atoms with Gasteiger partial charge in [0.15, 0.2) is 0 Å². The zero-order valence-electron chi connectivity index (χ0n) is 15.9. The average Bonchev–Trinajstić information content (AvgIpc) is 2.54. The number of carbonyl (C=O) groups is 1. The average molecular weight is 375 g/mol. The van der Waals surface area contributed by atoms with Crippen molar-refractivity contribution in [3.05, 3.63) is 59.7 Å². The van der Waals surface area contributed by atoms with Gasteiger partial charge >= 0.3 is 0 Å². The Morgan fingerprint density at radius 2 is 1.69 bits per heavy atom. The molecular weight excluding hydrogens is 348 g/mol. The van der Waals surface area contributed by atoms with Crippen LogP contribution in [0, 0.1) is 6.92 Å². The third-order valence-corrected chi connectivity index (χ3v) is 5.43. The lowest BCUT2D eigenvalue weighted by Crippen LogP contribution is -2.45. The molecule has 0 heterocycles. The Kier molecular flexibility index (Phi) is 6.08. The third-order valence-electron chi connectivity index (χ3n) is 4.19. The monoisotopic (exact) mass is 374 g/mol. The van der Waals surface area contributed by atoms with E-state index in [2.05, 4.69) is 5.32 Å². The van der Waals surface area contributed by atoms with E-state index in [0.29, 0.717) is 11.4 Å². The molecule has 5 nitrogen and oxygen atoms in total. The first-order valence-corrected chi connectivity index (χ1v) is 10.4. The van der Waals surface area contributed by atoms with Gasteiger partial charge in [0.25, 0.3) is 0 Å². The summed E-state index contributed by atoms with van der Waals surface area (Å²) in [6.07, 6.45) is 1.11. The number of hydrogen-bond acceptors (Lipinski definition) is 3. The van der Waals surface area contributed by atoms with Gasteiger partial charge in [-0.15, -0.1) is 0 Å². The molecule has 0 unspecified atom stereocenters. The second-order valence-corrected chi connectivity index (χ2v) is 8.66. The van der Waals surface area contributed by atoms with E-state index in [0.717, 1.165) is 21.7 Å². The molecule has 0 aromatic heterocycles. The van der Waals surface area contributed by atoms with Crippen molar-refractivity contribution in [3.63, 3.8) is 0 Å². The number of rotatable bonds is 6. The number of nitrogens with one attached hydrogen (secondary N) is 1. The van der Waals surface area contributed by atoms with E-state index in [1.54, 1.807) is 25.1 Å². The normalized spacial score (nSPS) is 12.7. The Hall–Kier alpha value is -2.34. The predicted molar refractivity (Wildman–Crippen MR) is 107 cm³/mol. The van der Waals surface area contributed by atoms with E-state index in [9.17, 15) is 13.2 Å². The fourth-order valence-electron chi connectivity index (χ4n) is 2.93.